The predicted molar refractivity (Wildman–Crippen MR) is 87.9 cm³/mol. The van der Waals surface area contributed by atoms with Crippen LogP contribution in [0.1, 0.15) is 5.76 Å². The molecule has 8 heteroatoms. The highest BCUT2D eigenvalue weighted by atomic mass is 32.1. The Kier molecular flexibility index (Phi) is 6.25. The van der Waals surface area contributed by atoms with Crippen LogP contribution in [-0.2, 0) is 11.3 Å². The minimum absolute atomic E-state index is 0.172. The Morgan fingerprint density at radius 1 is 1.17 bits per heavy atom. The average molecular weight is 335 g/mol. The standard InChI is InChI=1S/C15H17N3O4S/c1-20-12-6-2-3-7-13(12)22-10-14(19)17-18-15(23)16-9-11-5-4-8-21-11/h2-8H,9-10H2,1H3,(H,17,19)(H2,16,18,23). The molecule has 0 aliphatic rings. The molecule has 0 saturated carbocycles. The van der Waals surface area contributed by atoms with Crippen LogP contribution in [0.3, 0.4) is 0 Å². The van der Waals surface area contributed by atoms with E-state index < -0.39 is 0 Å². The summed E-state index contributed by atoms with van der Waals surface area (Å²) in [5.41, 5.74) is 5.01. The maximum Gasteiger partial charge on any atom is 0.276 e. The highest BCUT2D eigenvalue weighted by Crippen LogP contribution is 2.25. The van der Waals surface area contributed by atoms with Gasteiger partial charge >= 0.3 is 0 Å². The Hall–Kier alpha value is -2.74. The monoisotopic (exact) mass is 335 g/mol. The number of methoxy groups -OCH3 is 1. The van der Waals surface area contributed by atoms with Crippen LogP contribution in [0.5, 0.6) is 11.5 Å². The lowest BCUT2D eigenvalue weighted by Crippen LogP contribution is -2.48. The Bertz CT molecular complexity index is 646. The predicted octanol–water partition coefficient (Wildman–Crippen LogP) is 1.36. The molecule has 3 N–H and O–H groups in total. The first kappa shape index (κ1) is 16.6. The van der Waals surface area contributed by atoms with E-state index in [-0.39, 0.29) is 17.6 Å². The lowest BCUT2D eigenvalue weighted by molar-refractivity contribution is -0.123. The number of benzene rings is 1. The number of nitrogens with one attached hydrogen (secondary N) is 3. The number of hydrazine groups is 1. The number of rotatable bonds is 6. The van der Waals surface area contributed by atoms with Crippen LogP contribution in [0.15, 0.2) is 47.1 Å². The van der Waals surface area contributed by atoms with Gasteiger partial charge in [0.25, 0.3) is 5.91 Å². The minimum atomic E-state index is -0.377. The first-order valence-electron chi connectivity index (χ1n) is 6.80. The summed E-state index contributed by atoms with van der Waals surface area (Å²) < 4.78 is 15.7. The molecule has 122 valence electrons. The van der Waals surface area contributed by atoms with E-state index in [2.05, 4.69) is 16.2 Å². The number of carbonyl (C=O) groups is 1. The second-order valence-electron chi connectivity index (χ2n) is 4.37. The van der Waals surface area contributed by atoms with Gasteiger partial charge in [0.1, 0.15) is 5.76 Å². The molecule has 2 aromatic rings. The molecule has 1 amide bonds. The normalized spacial score (nSPS) is 9.78. The smallest absolute Gasteiger partial charge is 0.276 e. The van der Waals surface area contributed by atoms with E-state index in [0.717, 1.165) is 5.76 Å². The van der Waals surface area contributed by atoms with Crippen molar-refractivity contribution in [1.29, 1.82) is 0 Å². The third kappa shape index (κ3) is 5.51. The Balaban J connectivity index is 1.67. The maximum absolute atomic E-state index is 11.7. The van der Waals surface area contributed by atoms with Crippen LogP contribution in [0.4, 0.5) is 0 Å². The van der Waals surface area contributed by atoms with Crippen LogP contribution < -0.4 is 25.6 Å². The Morgan fingerprint density at radius 2 is 1.96 bits per heavy atom. The zero-order valence-corrected chi connectivity index (χ0v) is 13.3. The van der Waals surface area contributed by atoms with Gasteiger partial charge < -0.3 is 19.2 Å². The van der Waals surface area contributed by atoms with Gasteiger partial charge in [-0.05, 0) is 36.5 Å². The van der Waals surface area contributed by atoms with E-state index in [1.165, 1.54) is 7.11 Å². The number of ether oxygens (including phenoxy) is 2. The van der Waals surface area contributed by atoms with E-state index in [9.17, 15) is 4.79 Å². The number of amides is 1. The van der Waals surface area contributed by atoms with Crippen molar-refractivity contribution >= 4 is 23.2 Å². The number of para-hydroxylation sites is 2. The summed E-state index contributed by atoms with van der Waals surface area (Å²) in [4.78, 5) is 11.7. The zero-order valence-electron chi connectivity index (χ0n) is 12.5. The molecular formula is C15H17N3O4S. The van der Waals surface area contributed by atoms with Crippen molar-refractivity contribution < 1.29 is 18.7 Å². The Labute approximate surface area is 138 Å². The van der Waals surface area contributed by atoms with Gasteiger partial charge in [0.2, 0.25) is 0 Å². The molecule has 0 aliphatic carbocycles. The first-order valence-corrected chi connectivity index (χ1v) is 7.20. The molecule has 0 fully saturated rings. The number of thiocarbonyl (C=S) groups is 1. The molecule has 0 radical (unpaired) electrons. The van der Waals surface area contributed by atoms with Gasteiger partial charge in [-0.1, -0.05) is 12.1 Å². The van der Waals surface area contributed by atoms with Crippen molar-refractivity contribution in [2.75, 3.05) is 13.7 Å². The molecule has 0 unspecified atom stereocenters. The Morgan fingerprint density at radius 3 is 2.65 bits per heavy atom. The molecule has 1 heterocycles. The third-order valence-electron chi connectivity index (χ3n) is 2.75. The van der Waals surface area contributed by atoms with Gasteiger partial charge in [-0.2, -0.15) is 0 Å². The van der Waals surface area contributed by atoms with Gasteiger partial charge in [-0.25, -0.2) is 0 Å². The van der Waals surface area contributed by atoms with Gasteiger partial charge in [-0.3, -0.25) is 15.6 Å². The quantitative estimate of drug-likeness (QED) is 0.543. The number of carbonyl (C=O) groups excluding carboxylic acids is 1. The summed E-state index contributed by atoms with van der Waals surface area (Å²) >= 11 is 5.02. The number of hydrogen-bond acceptors (Lipinski definition) is 5. The number of hydrogen-bond donors (Lipinski definition) is 3. The van der Waals surface area contributed by atoms with Crippen molar-refractivity contribution in [3.8, 4) is 11.5 Å². The summed E-state index contributed by atoms with van der Waals surface area (Å²) in [6.45, 7) is 0.251. The molecule has 1 aromatic carbocycles. The van der Waals surface area contributed by atoms with E-state index >= 15 is 0 Å². The van der Waals surface area contributed by atoms with Gasteiger partial charge in [0, 0.05) is 0 Å². The zero-order chi connectivity index (χ0) is 16.5. The summed E-state index contributed by atoms with van der Waals surface area (Å²) in [6, 6.07) is 10.7. The van der Waals surface area contributed by atoms with Crippen molar-refractivity contribution in [3.63, 3.8) is 0 Å². The molecule has 2 rings (SSSR count). The van der Waals surface area contributed by atoms with E-state index in [4.69, 9.17) is 26.1 Å². The van der Waals surface area contributed by atoms with Gasteiger partial charge in [0.15, 0.2) is 23.2 Å². The summed E-state index contributed by atoms with van der Waals surface area (Å²) in [5.74, 6) is 1.41. The van der Waals surface area contributed by atoms with Crippen molar-refractivity contribution in [3.05, 3.63) is 48.4 Å². The number of furan rings is 1. The van der Waals surface area contributed by atoms with Crippen LogP contribution in [-0.4, -0.2) is 24.7 Å². The molecule has 0 aliphatic heterocycles. The van der Waals surface area contributed by atoms with E-state index in [1.54, 1.807) is 30.5 Å². The molecule has 0 bridgehead atoms. The van der Waals surface area contributed by atoms with E-state index in [0.29, 0.717) is 18.0 Å². The molecule has 23 heavy (non-hydrogen) atoms. The maximum atomic E-state index is 11.7. The first-order chi connectivity index (χ1) is 11.2. The summed E-state index contributed by atoms with van der Waals surface area (Å²) in [5, 5.41) is 3.15. The minimum Gasteiger partial charge on any atom is -0.493 e. The lowest BCUT2D eigenvalue weighted by Gasteiger charge is -2.12. The molecule has 1 aromatic heterocycles. The van der Waals surface area contributed by atoms with Crippen molar-refractivity contribution in [2.24, 2.45) is 0 Å². The molecule has 7 nitrogen and oxygen atoms in total. The van der Waals surface area contributed by atoms with Crippen LogP contribution in [0, 0.1) is 0 Å². The fraction of sp³-hybridized carbons (Fsp3) is 0.200. The molecule has 0 spiro atoms. The summed E-state index contributed by atoms with van der Waals surface area (Å²) in [6.07, 6.45) is 1.57. The topological polar surface area (TPSA) is 84.8 Å². The second-order valence-corrected chi connectivity index (χ2v) is 4.78. The van der Waals surface area contributed by atoms with Crippen LogP contribution >= 0.6 is 12.2 Å². The fourth-order valence-corrected chi connectivity index (χ4v) is 1.79. The second kappa shape index (κ2) is 8.64. The van der Waals surface area contributed by atoms with E-state index in [1.807, 2.05) is 12.1 Å². The third-order valence-corrected chi connectivity index (χ3v) is 2.99. The van der Waals surface area contributed by atoms with Crippen molar-refractivity contribution in [2.45, 2.75) is 6.54 Å². The largest absolute Gasteiger partial charge is 0.493 e. The van der Waals surface area contributed by atoms with Crippen LogP contribution in [0.25, 0.3) is 0 Å². The van der Waals surface area contributed by atoms with Gasteiger partial charge in [0.05, 0.1) is 19.9 Å². The van der Waals surface area contributed by atoms with Crippen molar-refractivity contribution in [1.82, 2.24) is 16.2 Å². The highest BCUT2D eigenvalue weighted by Gasteiger charge is 2.07. The lowest BCUT2D eigenvalue weighted by atomic mass is 10.3. The summed E-state index contributed by atoms with van der Waals surface area (Å²) in [7, 11) is 1.53. The van der Waals surface area contributed by atoms with Gasteiger partial charge in [-0.15, -0.1) is 0 Å². The molecule has 0 atom stereocenters. The fourth-order valence-electron chi connectivity index (χ4n) is 1.67. The SMILES string of the molecule is COc1ccccc1OCC(=O)NNC(=S)NCc1ccco1. The molecule has 0 saturated heterocycles. The molecular weight excluding hydrogens is 318 g/mol. The average Bonchev–Trinajstić information content (AvgIpc) is 3.10. The highest BCUT2D eigenvalue weighted by molar-refractivity contribution is 7.80. The van der Waals surface area contributed by atoms with Crippen LogP contribution in [0.2, 0.25) is 0 Å².